The number of methoxy groups -OCH3 is 2. The highest BCUT2D eigenvalue weighted by atomic mass is 19.1. The van der Waals surface area contributed by atoms with Crippen LogP contribution in [0.2, 0.25) is 0 Å². The summed E-state index contributed by atoms with van der Waals surface area (Å²) in [5, 5.41) is 0. The Hall–Kier alpha value is -3.41. The molecule has 2 aromatic carbocycles. The van der Waals surface area contributed by atoms with E-state index in [1.165, 1.54) is 26.4 Å². The molecule has 1 aliphatic carbocycles. The molecule has 2 aromatic rings. The number of carbonyl (C=O) groups is 1. The van der Waals surface area contributed by atoms with Crippen LogP contribution in [0.15, 0.2) is 65.0 Å². The molecule has 1 aliphatic heterocycles. The summed E-state index contributed by atoms with van der Waals surface area (Å²) in [5.74, 6) is 0.575. The van der Waals surface area contributed by atoms with Gasteiger partial charge in [0.25, 0.3) is 0 Å². The fourth-order valence-electron chi connectivity index (χ4n) is 3.24. The molecule has 142 valence electrons. The van der Waals surface area contributed by atoms with Gasteiger partial charge in [0.1, 0.15) is 17.3 Å². The number of nitrogens with zero attached hydrogens (tertiary/aromatic N) is 1. The summed E-state index contributed by atoms with van der Waals surface area (Å²) in [7, 11) is 2.80. The Bertz CT molecular complexity index is 1040. The van der Waals surface area contributed by atoms with E-state index in [9.17, 15) is 9.18 Å². The van der Waals surface area contributed by atoms with Crippen molar-refractivity contribution in [2.24, 2.45) is 4.99 Å². The van der Waals surface area contributed by atoms with Crippen molar-refractivity contribution in [2.45, 2.75) is 12.8 Å². The summed E-state index contributed by atoms with van der Waals surface area (Å²) >= 11 is 0. The maximum absolute atomic E-state index is 14.3. The monoisotopic (exact) mass is 379 g/mol. The molecule has 0 bridgehead atoms. The van der Waals surface area contributed by atoms with E-state index in [-0.39, 0.29) is 0 Å². The van der Waals surface area contributed by atoms with Gasteiger partial charge < -0.3 is 14.2 Å². The van der Waals surface area contributed by atoms with Crippen LogP contribution in [-0.2, 0) is 4.74 Å². The number of allylic oxidation sites excluding steroid dienone is 3. The average Bonchev–Trinajstić information content (AvgIpc) is 2.89. The molecule has 0 aromatic heterocycles. The number of hydrogen-bond acceptors (Lipinski definition) is 5. The van der Waals surface area contributed by atoms with Crippen LogP contribution in [0.25, 0.3) is 0 Å². The summed E-state index contributed by atoms with van der Waals surface area (Å²) in [6.07, 6.45) is 5.47. The van der Waals surface area contributed by atoms with Crippen LogP contribution in [0, 0.1) is 5.82 Å². The predicted molar refractivity (Wildman–Crippen MR) is 102 cm³/mol. The second-order valence-corrected chi connectivity index (χ2v) is 6.37. The van der Waals surface area contributed by atoms with Crippen LogP contribution in [0.1, 0.15) is 34.3 Å². The molecule has 28 heavy (non-hydrogen) atoms. The van der Waals surface area contributed by atoms with Gasteiger partial charge in [-0.3, -0.25) is 0 Å². The van der Waals surface area contributed by atoms with Crippen LogP contribution in [0.4, 0.5) is 4.39 Å². The van der Waals surface area contributed by atoms with Gasteiger partial charge >= 0.3 is 5.97 Å². The number of carbonyl (C=O) groups excluding carboxylic acids is 1. The SMILES string of the molecule is COC(=O)c1ccc(C2=NC3=C(CCC=C3)Oc3c(OC)cc(F)cc32)cc1. The lowest BCUT2D eigenvalue weighted by atomic mass is 9.99. The first kappa shape index (κ1) is 18.0. The number of aliphatic imine (C=N–C) groups is 1. The zero-order chi connectivity index (χ0) is 19.7. The number of ether oxygens (including phenoxy) is 3. The Morgan fingerprint density at radius 2 is 1.96 bits per heavy atom. The lowest BCUT2D eigenvalue weighted by Gasteiger charge is -2.16. The van der Waals surface area contributed by atoms with Gasteiger partial charge in [-0.2, -0.15) is 0 Å². The predicted octanol–water partition coefficient (Wildman–Crippen LogP) is 4.41. The maximum atomic E-state index is 14.3. The van der Waals surface area contributed by atoms with E-state index in [2.05, 4.69) is 0 Å². The molecule has 0 unspecified atom stereocenters. The average molecular weight is 379 g/mol. The van der Waals surface area contributed by atoms with Gasteiger partial charge in [0.2, 0.25) is 0 Å². The van der Waals surface area contributed by atoms with Crippen molar-refractivity contribution in [1.82, 2.24) is 0 Å². The third kappa shape index (κ3) is 3.17. The molecular weight excluding hydrogens is 361 g/mol. The van der Waals surface area contributed by atoms with Crippen LogP contribution in [0.3, 0.4) is 0 Å². The van der Waals surface area contributed by atoms with Crippen LogP contribution >= 0.6 is 0 Å². The van der Waals surface area contributed by atoms with E-state index in [1.54, 1.807) is 24.3 Å². The Labute approximate surface area is 161 Å². The molecule has 0 fully saturated rings. The van der Waals surface area contributed by atoms with Crippen LogP contribution in [-0.4, -0.2) is 25.9 Å². The molecule has 0 N–H and O–H groups in total. The van der Waals surface area contributed by atoms with Gasteiger partial charge in [-0.05, 0) is 30.7 Å². The third-order valence-corrected chi connectivity index (χ3v) is 4.63. The normalized spacial score (nSPS) is 15.0. The number of rotatable bonds is 3. The molecule has 6 heteroatoms. The Kier molecular flexibility index (Phi) is 4.69. The topological polar surface area (TPSA) is 57.1 Å². The van der Waals surface area contributed by atoms with E-state index < -0.39 is 11.8 Å². The molecule has 0 atom stereocenters. The lowest BCUT2D eigenvalue weighted by Crippen LogP contribution is -2.08. The highest BCUT2D eigenvalue weighted by Crippen LogP contribution is 2.39. The van der Waals surface area contributed by atoms with Crippen molar-refractivity contribution in [3.63, 3.8) is 0 Å². The van der Waals surface area contributed by atoms with Crippen molar-refractivity contribution in [1.29, 1.82) is 0 Å². The second-order valence-electron chi connectivity index (χ2n) is 6.37. The van der Waals surface area contributed by atoms with Crippen molar-refractivity contribution < 1.29 is 23.4 Å². The van der Waals surface area contributed by atoms with Crippen LogP contribution in [0.5, 0.6) is 11.5 Å². The minimum Gasteiger partial charge on any atom is -0.493 e. The molecule has 0 amide bonds. The maximum Gasteiger partial charge on any atom is 0.337 e. The van der Waals surface area contributed by atoms with Gasteiger partial charge in [-0.25, -0.2) is 14.2 Å². The van der Waals surface area contributed by atoms with E-state index in [0.29, 0.717) is 40.5 Å². The molecular formula is C22H18FNO4. The number of benzene rings is 2. The Morgan fingerprint density at radius 1 is 1.18 bits per heavy atom. The fourth-order valence-corrected chi connectivity index (χ4v) is 3.24. The van der Waals surface area contributed by atoms with Crippen molar-refractivity contribution in [2.75, 3.05) is 14.2 Å². The van der Waals surface area contributed by atoms with Crippen molar-refractivity contribution in [3.8, 4) is 11.5 Å². The standard InChI is InChI=1S/C22H18FNO4/c1-26-19-12-15(23)11-16-20(13-7-9-14(10-8-13)22(25)27-2)24-17-5-3-4-6-18(17)28-21(16)19/h3,5,7-12H,4,6H2,1-2H3. The molecule has 2 aliphatic rings. The zero-order valence-corrected chi connectivity index (χ0v) is 15.5. The highest BCUT2D eigenvalue weighted by molar-refractivity contribution is 6.16. The smallest absolute Gasteiger partial charge is 0.337 e. The van der Waals surface area contributed by atoms with Gasteiger partial charge in [-0.15, -0.1) is 0 Å². The van der Waals surface area contributed by atoms with E-state index >= 15 is 0 Å². The minimum atomic E-state index is -0.450. The summed E-state index contributed by atoms with van der Waals surface area (Å²) in [4.78, 5) is 16.5. The van der Waals surface area contributed by atoms with Crippen LogP contribution < -0.4 is 9.47 Å². The first-order valence-electron chi connectivity index (χ1n) is 8.83. The van der Waals surface area contributed by atoms with E-state index in [0.717, 1.165) is 17.7 Å². The Morgan fingerprint density at radius 3 is 2.68 bits per heavy atom. The third-order valence-electron chi connectivity index (χ3n) is 4.63. The first-order valence-corrected chi connectivity index (χ1v) is 8.83. The molecule has 1 heterocycles. The summed E-state index contributed by atoms with van der Waals surface area (Å²) < 4.78 is 30.5. The number of halogens is 1. The molecule has 0 spiro atoms. The van der Waals surface area contributed by atoms with Crippen molar-refractivity contribution in [3.05, 3.63) is 82.5 Å². The lowest BCUT2D eigenvalue weighted by molar-refractivity contribution is 0.0600. The van der Waals surface area contributed by atoms with Crippen molar-refractivity contribution >= 4 is 11.7 Å². The van der Waals surface area contributed by atoms with Gasteiger partial charge in [0.05, 0.1) is 31.1 Å². The summed E-state index contributed by atoms with van der Waals surface area (Å²) in [5.41, 5.74) is 2.87. The highest BCUT2D eigenvalue weighted by Gasteiger charge is 2.26. The molecule has 0 radical (unpaired) electrons. The van der Waals surface area contributed by atoms with Gasteiger partial charge in [0, 0.05) is 18.1 Å². The quantitative estimate of drug-likeness (QED) is 0.741. The summed E-state index contributed by atoms with van der Waals surface area (Å²) in [6.45, 7) is 0. The van der Waals surface area contributed by atoms with Gasteiger partial charge in [-0.1, -0.05) is 18.2 Å². The molecule has 0 saturated heterocycles. The number of fused-ring (bicyclic) bond motifs is 1. The number of hydrogen-bond donors (Lipinski definition) is 0. The molecule has 5 nitrogen and oxygen atoms in total. The van der Waals surface area contributed by atoms with E-state index in [4.69, 9.17) is 19.2 Å². The Balaban J connectivity index is 1.90. The first-order chi connectivity index (χ1) is 13.6. The zero-order valence-electron chi connectivity index (χ0n) is 15.5. The largest absolute Gasteiger partial charge is 0.493 e. The van der Waals surface area contributed by atoms with E-state index in [1.807, 2.05) is 12.2 Å². The second kappa shape index (κ2) is 7.31. The fraction of sp³-hybridized carbons (Fsp3) is 0.182. The molecule has 0 saturated carbocycles. The molecule has 4 rings (SSSR count). The number of esters is 1. The minimum absolute atomic E-state index is 0.303. The summed E-state index contributed by atoms with van der Waals surface area (Å²) in [6, 6.07) is 9.48. The van der Waals surface area contributed by atoms with Gasteiger partial charge in [0.15, 0.2) is 11.5 Å².